The van der Waals surface area contributed by atoms with Gasteiger partial charge in [-0.05, 0) is 11.6 Å². The topological polar surface area (TPSA) is 80.5 Å². The lowest BCUT2D eigenvalue weighted by Gasteiger charge is -2.31. The molecule has 0 aliphatic carbocycles. The van der Waals surface area contributed by atoms with Crippen LogP contribution in [0.4, 0.5) is 11.5 Å². The van der Waals surface area contributed by atoms with Crippen LogP contribution in [0.1, 0.15) is 11.6 Å². The van der Waals surface area contributed by atoms with E-state index >= 15 is 0 Å². The third-order valence-electron chi connectivity index (χ3n) is 4.03. The van der Waals surface area contributed by atoms with Crippen molar-refractivity contribution in [3.63, 3.8) is 0 Å². The van der Waals surface area contributed by atoms with E-state index in [1.807, 2.05) is 18.2 Å². The van der Waals surface area contributed by atoms with E-state index in [2.05, 4.69) is 27.3 Å². The molecule has 126 valence electrons. The molecule has 1 aromatic heterocycles. The minimum atomic E-state index is -0.445. The van der Waals surface area contributed by atoms with Crippen LogP contribution in [0.15, 0.2) is 48.7 Å². The van der Waals surface area contributed by atoms with Crippen molar-refractivity contribution in [1.82, 2.24) is 9.88 Å². The Bertz CT molecular complexity index is 657. The lowest BCUT2D eigenvalue weighted by Crippen LogP contribution is -2.40. The van der Waals surface area contributed by atoms with Crippen molar-refractivity contribution >= 4 is 11.5 Å². The predicted molar refractivity (Wildman–Crippen MR) is 91.0 cm³/mol. The number of benzene rings is 1. The van der Waals surface area contributed by atoms with E-state index in [1.54, 1.807) is 6.07 Å². The first-order valence-electron chi connectivity index (χ1n) is 7.94. The summed E-state index contributed by atoms with van der Waals surface area (Å²) in [5.74, 6) is 0.628. The van der Waals surface area contributed by atoms with Gasteiger partial charge in [-0.2, -0.15) is 0 Å². The van der Waals surface area contributed by atoms with Gasteiger partial charge in [-0.25, -0.2) is 4.98 Å². The normalized spacial score (nSPS) is 16.5. The highest BCUT2D eigenvalue weighted by Gasteiger charge is 2.19. The second kappa shape index (κ2) is 7.85. The number of nitrogens with one attached hydrogen (secondary N) is 1. The third-order valence-corrected chi connectivity index (χ3v) is 4.03. The molecule has 2 heterocycles. The first-order chi connectivity index (χ1) is 11.7. The summed E-state index contributed by atoms with van der Waals surface area (Å²) in [6, 6.07) is 13.3. The summed E-state index contributed by atoms with van der Waals surface area (Å²) in [4.78, 5) is 16.8. The molecule has 2 aromatic rings. The Morgan fingerprint density at radius 1 is 1.21 bits per heavy atom. The summed E-state index contributed by atoms with van der Waals surface area (Å²) in [5.41, 5.74) is 1.15. The molecule has 0 bridgehead atoms. The van der Waals surface area contributed by atoms with Crippen molar-refractivity contribution < 1.29 is 9.66 Å². The van der Waals surface area contributed by atoms with Crippen molar-refractivity contribution in [2.75, 3.05) is 38.2 Å². The van der Waals surface area contributed by atoms with Crippen LogP contribution in [0.5, 0.6) is 0 Å². The number of pyridine rings is 1. The molecule has 24 heavy (non-hydrogen) atoms. The van der Waals surface area contributed by atoms with Crippen molar-refractivity contribution in [3.05, 3.63) is 64.3 Å². The van der Waals surface area contributed by atoms with E-state index in [4.69, 9.17) is 4.74 Å². The zero-order valence-corrected chi connectivity index (χ0v) is 13.3. The second-order valence-electron chi connectivity index (χ2n) is 5.68. The van der Waals surface area contributed by atoms with Gasteiger partial charge in [0.15, 0.2) is 0 Å². The van der Waals surface area contributed by atoms with Crippen LogP contribution in [-0.4, -0.2) is 47.7 Å². The van der Waals surface area contributed by atoms with Gasteiger partial charge in [0.25, 0.3) is 5.69 Å². The number of morpholine rings is 1. The summed E-state index contributed by atoms with van der Waals surface area (Å²) >= 11 is 0. The largest absolute Gasteiger partial charge is 0.379 e. The van der Waals surface area contributed by atoms with Gasteiger partial charge in [0, 0.05) is 25.7 Å². The molecule has 1 aromatic carbocycles. The number of hydrogen-bond acceptors (Lipinski definition) is 6. The second-order valence-corrected chi connectivity index (χ2v) is 5.68. The molecule has 1 atom stereocenters. The lowest BCUT2D eigenvalue weighted by molar-refractivity contribution is -0.385. The first kappa shape index (κ1) is 16.4. The molecule has 1 aliphatic heterocycles. The van der Waals surface area contributed by atoms with Crippen LogP contribution in [0.25, 0.3) is 0 Å². The molecule has 0 amide bonds. The molecule has 1 N–H and O–H groups in total. The lowest BCUT2D eigenvalue weighted by atomic mass is 10.1. The number of ether oxygens (including phenoxy) is 1. The van der Waals surface area contributed by atoms with Crippen LogP contribution in [-0.2, 0) is 4.74 Å². The minimum Gasteiger partial charge on any atom is -0.379 e. The maximum Gasteiger partial charge on any atom is 0.287 e. The van der Waals surface area contributed by atoms with Gasteiger partial charge in [-0.15, -0.1) is 0 Å². The Balaban J connectivity index is 1.75. The first-order valence-corrected chi connectivity index (χ1v) is 7.94. The van der Waals surface area contributed by atoms with Crippen molar-refractivity contribution in [3.8, 4) is 0 Å². The number of hydrogen-bond donors (Lipinski definition) is 1. The molecule has 0 spiro atoms. The number of aromatic nitrogens is 1. The van der Waals surface area contributed by atoms with Crippen molar-refractivity contribution in [2.24, 2.45) is 0 Å². The molecule has 1 fully saturated rings. The Morgan fingerprint density at radius 3 is 2.58 bits per heavy atom. The van der Waals surface area contributed by atoms with Crippen LogP contribution in [0, 0.1) is 10.1 Å². The molecule has 7 nitrogen and oxygen atoms in total. The standard InChI is InChI=1S/C17H20N4O3/c22-21(23)15-6-7-17(18-12-15)19-16(14-4-2-1-3-5-14)13-20-8-10-24-11-9-20/h1-7,12,16H,8-11,13H2,(H,18,19)/t16-/m1/s1. The van der Waals surface area contributed by atoms with Gasteiger partial charge in [0.05, 0.1) is 24.2 Å². The molecular weight excluding hydrogens is 308 g/mol. The number of nitrogens with zero attached hydrogens (tertiary/aromatic N) is 3. The predicted octanol–water partition coefficient (Wildman–Crippen LogP) is 2.48. The van der Waals surface area contributed by atoms with Crippen molar-refractivity contribution in [1.29, 1.82) is 0 Å². The Morgan fingerprint density at radius 2 is 1.96 bits per heavy atom. The summed E-state index contributed by atoms with van der Waals surface area (Å²) < 4.78 is 5.40. The Kier molecular flexibility index (Phi) is 5.35. The van der Waals surface area contributed by atoms with E-state index in [0.717, 1.165) is 38.4 Å². The molecule has 0 saturated carbocycles. The summed E-state index contributed by atoms with van der Waals surface area (Å²) in [5, 5.41) is 14.1. The van der Waals surface area contributed by atoms with Crippen LogP contribution >= 0.6 is 0 Å². The Hall–Kier alpha value is -2.51. The van der Waals surface area contributed by atoms with Gasteiger partial charge in [0.2, 0.25) is 0 Å². The summed E-state index contributed by atoms with van der Waals surface area (Å²) in [6.45, 7) is 4.12. The number of anilines is 1. The van der Waals surface area contributed by atoms with E-state index in [0.29, 0.717) is 5.82 Å². The number of rotatable bonds is 6. The highest BCUT2D eigenvalue weighted by Crippen LogP contribution is 2.21. The molecular formula is C17H20N4O3. The monoisotopic (exact) mass is 328 g/mol. The van der Waals surface area contributed by atoms with Gasteiger partial charge in [0.1, 0.15) is 12.0 Å². The van der Waals surface area contributed by atoms with Crippen LogP contribution in [0.3, 0.4) is 0 Å². The fourth-order valence-corrected chi connectivity index (χ4v) is 2.72. The summed E-state index contributed by atoms with van der Waals surface area (Å²) in [6.07, 6.45) is 1.28. The molecule has 0 radical (unpaired) electrons. The fourth-order valence-electron chi connectivity index (χ4n) is 2.72. The number of nitro groups is 1. The smallest absolute Gasteiger partial charge is 0.287 e. The SMILES string of the molecule is O=[N+]([O-])c1ccc(N[C@H](CN2CCOCC2)c2ccccc2)nc1. The van der Waals surface area contributed by atoms with Crippen molar-refractivity contribution in [2.45, 2.75) is 6.04 Å². The quantitative estimate of drug-likeness (QED) is 0.648. The van der Waals surface area contributed by atoms with Gasteiger partial charge < -0.3 is 10.1 Å². The van der Waals surface area contributed by atoms with Crippen LogP contribution in [0.2, 0.25) is 0 Å². The van der Waals surface area contributed by atoms with Gasteiger partial charge in [-0.3, -0.25) is 15.0 Å². The highest BCUT2D eigenvalue weighted by atomic mass is 16.6. The average Bonchev–Trinajstić information content (AvgIpc) is 2.63. The molecule has 1 saturated heterocycles. The van der Waals surface area contributed by atoms with Gasteiger partial charge >= 0.3 is 0 Å². The van der Waals surface area contributed by atoms with E-state index < -0.39 is 4.92 Å². The molecule has 0 unspecified atom stereocenters. The molecule has 7 heteroatoms. The maximum absolute atomic E-state index is 10.7. The minimum absolute atomic E-state index is 0.00927. The zero-order valence-electron chi connectivity index (χ0n) is 13.3. The van der Waals surface area contributed by atoms with Crippen LogP contribution < -0.4 is 5.32 Å². The molecule has 1 aliphatic rings. The Labute approximate surface area is 140 Å². The summed E-state index contributed by atoms with van der Waals surface area (Å²) in [7, 11) is 0. The maximum atomic E-state index is 10.7. The average molecular weight is 328 g/mol. The fraction of sp³-hybridized carbons (Fsp3) is 0.353. The van der Waals surface area contributed by atoms with E-state index in [1.165, 1.54) is 12.3 Å². The van der Waals surface area contributed by atoms with Gasteiger partial charge in [-0.1, -0.05) is 30.3 Å². The zero-order chi connectivity index (χ0) is 16.8. The van der Waals surface area contributed by atoms with E-state index in [-0.39, 0.29) is 11.7 Å². The molecule has 3 rings (SSSR count). The highest BCUT2D eigenvalue weighted by molar-refractivity contribution is 5.42. The third kappa shape index (κ3) is 4.27. The van der Waals surface area contributed by atoms with E-state index in [9.17, 15) is 10.1 Å².